The van der Waals surface area contributed by atoms with Crippen molar-refractivity contribution in [3.63, 3.8) is 0 Å². The molecule has 0 saturated heterocycles. The highest BCUT2D eigenvalue weighted by Crippen LogP contribution is 2.35. The molecule has 1 aliphatic heterocycles. The Morgan fingerprint density at radius 2 is 1.95 bits per heavy atom. The summed E-state index contributed by atoms with van der Waals surface area (Å²) in [5.41, 5.74) is 6.39. The Kier molecular flexibility index (Phi) is 3.84. The van der Waals surface area contributed by atoms with Crippen molar-refractivity contribution in [2.24, 2.45) is 0 Å². The number of benzene rings is 2. The van der Waals surface area contributed by atoms with Gasteiger partial charge in [0, 0.05) is 19.0 Å². The van der Waals surface area contributed by atoms with Gasteiger partial charge in [0.15, 0.2) is 0 Å². The molecule has 0 N–H and O–H groups in total. The molecule has 1 amide bonds. The van der Waals surface area contributed by atoms with Crippen molar-refractivity contribution in [2.75, 3.05) is 6.54 Å². The second-order valence-corrected chi connectivity index (χ2v) is 6.03. The van der Waals surface area contributed by atoms with E-state index in [0.29, 0.717) is 13.1 Å². The smallest absolute Gasteiger partial charge is 0.246 e. The number of rotatable bonds is 2. The largest absolute Gasteiger partial charge is 0.334 e. The topological polar surface area (TPSA) is 20.3 Å². The molecule has 1 heterocycles. The second kappa shape index (κ2) is 5.80. The molecule has 0 bridgehead atoms. The molecule has 3 rings (SSSR count). The highest BCUT2D eigenvalue weighted by molar-refractivity contribution is 5.87. The number of carbonyl (C=O) groups excluding carboxylic acids is 1. The van der Waals surface area contributed by atoms with Crippen molar-refractivity contribution in [2.45, 2.75) is 26.3 Å². The van der Waals surface area contributed by atoms with Gasteiger partial charge in [0.05, 0.1) is 0 Å². The number of carbonyl (C=O) groups is 1. The highest BCUT2D eigenvalue weighted by Gasteiger charge is 2.28. The van der Waals surface area contributed by atoms with Gasteiger partial charge in [-0.2, -0.15) is 0 Å². The fraction of sp³-hybridized carbons (Fsp3) is 0.250. The molecule has 2 aromatic carbocycles. The van der Waals surface area contributed by atoms with E-state index in [-0.39, 0.29) is 11.8 Å². The molecule has 112 valence electrons. The van der Waals surface area contributed by atoms with Crippen molar-refractivity contribution < 1.29 is 4.79 Å². The van der Waals surface area contributed by atoms with Crippen LogP contribution in [0.3, 0.4) is 0 Å². The van der Waals surface area contributed by atoms with Crippen molar-refractivity contribution in [3.05, 3.63) is 82.9 Å². The average molecular weight is 291 g/mol. The van der Waals surface area contributed by atoms with Gasteiger partial charge in [0.2, 0.25) is 5.91 Å². The second-order valence-electron chi connectivity index (χ2n) is 6.03. The Hall–Kier alpha value is -2.35. The first-order valence-electron chi connectivity index (χ1n) is 7.66. The van der Waals surface area contributed by atoms with Crippen LogP contribution in [0.1, 0.15) is 33.7 Å². The number of nitrogens with zero attached hydrogens (tertiary/aromatic N) is 1. The molecule has 0 saturated carbocycles. The van der Waals surface area contributed by atoms with E-state index in [0.717, 1.165) is 0 Å². The predicted molar refractivity (Wildman–Crippen MR) is 89.8 cm³/mol. The minimum absolute atomic E-state index is 0.00532. The third kappa shape index (κ3) is 2.57. The van der Waals surface area contributed by atoms with Gasteiger partial charge in [-0.1, -0.05) is 54.6 Å². The van der Waals surface area contributed by atoms with Gasteiger partial charge in [0.25, 0.3) is 0 Å². The molecule has 0 aliphatic carbocycles. The Labute approximate surface area is 132 Å². The van der Waals surface area contributed by atoms with Crippen LogP contribution in [0.25, 0.3) is 0 Å². The molecule has 0 fully saturated rings. The monoisotopic (exact) mass is 291 g/mol. The summed E-state index contributed by atoms with van der Waals surface area (Å²) < 4.78 is 0. The first kappa shape index (κ1) is 14.6. The summed E-state index contributed by atoms with van der Waals surface area (Å²) in [5.74, 6) is 0.236. The van der Waals surface area contributed by atoms with E-state index >= 15 is 0 Å². The Morgan fingerprint density at radius 1 is 1.18 bits per heavy atom. The minimum Gasteiger partial charge on any atom is -0.334 e. The van der Waals surface area contributed by atoms with E-state index in [9.17, 15) is 4.79 Å². The molecule has 0 unspecified atom stereocenters. The molecule has 2 heteroatoms. The minimum atomic E-state index is 0.00532. The lowest BCUT2D eigenvalue weighted by Crippen LogP contribution is -2.37. The number of hydrogen-bond acceptors (Lipinski definition) is 1. The average Bonchev–Trinajstić information content (AvgIpc) is 2.53. The van der Waals surface area contributed by atoms with Crippen LogP contribution in [0.4, 0.5) is 0 Å². The number of amides is 1. The zero-order valence-corrected chi connectivity index (χ0v) is 13.2. The zero-order chi connectivity index (χ0) is 15.7. The quantitative estimate of drug-likeness (QED) is 0.767. The van der Waals surface area contributed by atoms with Gasteiger partial charge in [-0.25, -0.2) is 0 Å². The molecule has 2 aromatic rings. The van der Waals surface area contributed by atoms with Gasteiger partial charge < -0.3 is 4.90 Å². The molecule has 2 nitrogen and oxygen atoms in total. The summed E-state index contributed by atoms with van der Waals surface area (Å²) in [5, 5.41) is 0. The molecular weight excluding hydrogens is 270 g/mol. The summed E-state index contributed by atoms with van der Waals surface area (Å²) in [4.78, 5) is 14.0. The summed E-state index contributed by atoms with van der Waals surface area (Å²) in [7, 11) is 0. The van der Waals surface area contributed by atoms with E-state index in [4.69, 9.17) is 0 Å². The molecule has 0 radical (unpaired) electrons. The van der Waals surface area contributed by atoms with Crippen LogP contribution in [0.5, 0.6) is 0 Å². The Bertz CT molecular complexity index is 732. The van der Waals surface area contributed by atoms with E-state index in [1.165, 1.54) is 33.9 Å². The lowest BCUT2D eigenvalue weighted by molar-refractivity contribution is -0.127. The van der Waals surface area contributed by atoms with Gasteiger partial charge in [0.1, 0.15) is 0 Å². The lowest BCUT2D eigenvalue weighted by Gasteiger charge is -2.35. The van der Waals surface area contributed by atoms with Crippen LogP contribution in [0, 0.1) is 13.8 Å². The van der Waals surface area contributed by atoms with Crippen molar-refractivity contribution in [1.29, 1.82) is 0 Å². The van der Waals surface area contributed by atoms with Gasteiger partial charge >= 0.3 is 0 Å². The van der Waals surface area contributed by atoms with E-state index < -0.39 is 0 Å². The number of fused-ring (bicyclic) bond motifs is 1. The summed E-state index contributed by atoms with van der Waals surface area (Å²) in [6, 6.07) is 15.0. The number of aryl methyl sites for hydroxylation is 2. The molecular formula is C20H21NO. The van der Waals surface area contributed by atoms with Crippen LogP contribution in [-0.4, -0.2) is 17.4 Å². The standard InChI is InChI=1S/C20H21NO/c1-4-20(22)21-12-16-11-14(2)9-10-18(16)19(13-21)17-8-6-5-7-15(17)3/h4-11,19H,1,12-13H2,2-3H3/t19-/m1/s1. The summed E-state index contributed by atoms with van der Waals surface area (Å²) >= 11 is 0. The summed E-state index contributed by atoms with van der Waals surface area (Å²) in [6.45, 7) is 9.25. The number of hydrogen-bond donors (Lipinski definition) is 0. The van der Waals surface area contributed by atoms with Gasteiger partial charge in [-0.3, -0.25) is 4.79 Å². The van der Waals surface area contributed by atoms with Gasteiger partial charge in [-0.15, -0.1) is 0 Å². The third-order valence-corrected chi connectivity index (χ3v) is 4.49. The SMILES string of the molecule is C=CC(=O)N1Cc2cc(C)ccc2[C@@H](c2ccccc2C)C1. The maximum absolute atomic E-state index is 12.1. The maximum atomic E-state index is 12.1. The predicted octanol–water partition coefficient (Wildman–Crippen LogP) is 3.96. The summed E-state index contributed by atoms with van der Waals surface area (Å²) in [6.07, 6.45) is 1.41. The van der Waals surface area contributed by atoms with Crippen LogP contribution in [0.2, 0.25) is 0 Å². The Morgan fingerprint density at radius 3 is 2.68 bits per heavy atom. The van der Waals surface area contributed by atoms with Gasteiger partial charge in [-0.05, 0) is 42.2 Å². The zero-order valence-electron chi connectivity index (χ0n) is 13.2. The molecule has 1 atom stereocenters. The maximum Gasteiger partial charge on any atom is 0.246 e. The van der Waals surface area contributed by atoms with Crippen LogP contribution >= 0.6 is 0 Å². The first-order chi connectivity index (χ1) is 10.6. The van der Waals surface area contributed by atoms with Crippen molar-refractivity contribution >= 4 is 5.91 Å². The lowest BCUT2D eigenvalue weighted by atomic mass is 9.82. The normalized spacial score (nSPS) is 17.0. The first-order valence-corrected chi connectivity index (χ1v) is 7.66. The van der Waals surface area contributed by atoms with Crippen LogP contribution in [0.15, 0.2) is 55.1 Å². The fourth-order valence-electron chi connectivity index (χ4n) is 3.34. The fourth-order valence-corrected chi connectivity index (χ4v) is 3.34. The van der Waals surface area contributed by atoms with E-state index in [2.05, 4.69) is 62.9 Å². The van der Waals surface area contributed by atoms with Crippen molar-refractivity contribution in [1.82, 2.24) is 4.90 Å². The molecule has 0 aromatic heterocycles. The van der Waals surface area contributed by atoms with Crippen molar-refractivity contribution in [3.8, 4) is 0 Å². The third-order valence-electron chi connectivity index (χ3n) is 4.49. The molecule has 1 aliphatic rings. The van der Waals surface area contributed by atoms with Crippen LogP contribution in [-0.2, 0) is 11.3 Å². The van der Waals surface area contributed by atoms with E-state index in [1.807, 2.05) is 4.90 Å². The van der Waals surface area contributed by atoms with Crippen LogP contribution < -0.4 is 0 Å². The highest BCUT2D eigenvalue weighted by atomic mass is 16.2. The molecule has 22 heavy (non-hydrogen) atoms. The molecule has 0 spiro atoms. The van der Waals surface area contributed by atoms with E-state index in [1.54, 1.807) is 0 Å². The Balaban J connectivity index is 2.11.